The van der Waals surface area contributed by atoms with Gasteiger partial charge in [-0.05, 0) is 22.9 Å². The molecule has 4 nitrogen and oxygen atoms in total. The third-order valence-corrected chi connectivity index (χ3v) is 4.48. The van der Waals surface area contributed by atoms with Crippen LogP contribution in [0.5, 0.6) is 5.75 Å². The van der Waals surface area contributed by atoms with E-state index in [1.165, 1.54) is 0 Å². The molecule has 1 aromatic heterocycles. The fourth-order valence-electron chi connectivity index (χ4n) is 3.23. The number of rotatable bonds is 2. The van der Waals surface area contributed by atoms with Gasteiger partial charge >= 0.3 is 0 Å². The van der Waals surface area contributed by atoms with Crippen LogP contribution in [0.15, 0.2) is 82.2 Å². The molecule has 5 rings (SSSR count). The molecule has 0 radical (unpaired) electrons. The summed E-state index contributed by atoms with van der Waals surface area (Å²) in [5, 5.41) is 14.2. The van der Waals surface area contributed by atoms with E-state index in [-0.39, 0.29) is 5.75 Å². The fraction of sp³-hybridized carbons (Fsp3) is 0. The normalized spacial score (nSPS) is 11.8. The second-order valence-electron chi connectivity index (χ2n) is 6.10. The summed E-state index contributed by atoms with van der Waals surface area (Å²) in [6, 6.07) is 23.3. The predicted octanol–water partition coefficient (Wildman–Crippen LogP) is 5.59. The van der Waals surface area contributed by atoms with Gasteiger partial charge in [0.2, 0.25) is 5.89 Å². The third kappa shape index (κ3) is 2.31. The average Bonchev–Trinajstić information content (AvgIpc) is 3.11. The Bertz CT molecular complexity index is 1300. The maximum atomic E-state index is 10.2. The summed E-state index contributed by atoms with van der Waals surface area (Å²) in [6.07, 6.45) is 1.55. The molecule has 5 aromatic rings. The van der Waals surface area contributed by atoms with Crippen molar-refractivity contribution in [3.05, 3.63) is 78.7 Å². The lowest BCUT2D eigenvalue weighted by molar-refractivity contribution is 0.477. The van der Waals surface area contributed by atoms with Crippen LogP contribution in [-0.2, 0) is 0 Å². The van der Waals surface area contributed by atoms with Crippen molar-refractivity contribution in [2.45, 2.75) is 0 Å². The van der Waals surface area contributed by atoms with Crippen molar-refractivity contribution in [3.8, 4) is 5.75 Å². The predicted molar refractivity (Wildman–Crippen MR) is 104 cm³/mol. The fourth-order valence-corrected chi connectivity index (χ4v) is 3.23. The van der Waals surface area contributed by atoms with Gasteiger partial charge in [0.15, 0.2) is 5.58 Å². The number of aromatic hydroxyl groups is 1. The average molecular weight is 338 g/mol. The third-order valence-electron chi connectivity index (χ3n) is 4.48. The van der Waals surface area contributed by atoms with Gasteiger partial charge in [-0.15, -0.1) is 0 Å². The molecule has 0 atom stereocenters. The highest BCUT2D eigenvalue weighted by Crippen LogP contribution is 2.35. The molecule has 1 N–H and O–H groups in total. The van der Waals surface area contributed by atoms with Gasteiger partial charge in [0.1, 0.15) is 17.0 Å². The van der Waals surface area contributed by atoms with Crippen molar-refractivity contribution >= 4 is 44.5 Å². The van der Waals surface area contributed by atoms with E-state index in [1.54, 1.807) is 12.3 Å². The molecule has 0 aliphatic heterocycles. The second-order valence-corrected chi connectivity index (χ2v) is 6.10. The molecule has 0 fully saturated rings. The first-order valence-corrected chi connectivity index (χ1v) is 8.33. The first-order chi connectivity index (χ1) is 12.8. The van der Waals surface area contributed by atoms with E-state index in [9.17, 15) is 5.11 Å². The summed E-state index contributed by atoms with van der Waals surface area (Å²) in [4.78, 5) is 8.94. The molecule has 0 bridgehead atoms. The zero-order valence-electron chi connectivity index (χ0n) is 13.8. The summed E-state index contributed by atoms with van der Waals surface area (Å²) >= 11 is 0. The highest BCUT2D eigenvalue weighted by Gasteiger charge is 2.09. The molecule has 0 saturated heterocycles. The van der Waals surface area contributed by atoms with E-state index in [0.29, 0.717) is 11.6 Å². The Morgan fingerprint density at radius 3 is 2.35 bits per heavy atom. The molecular weight excluding hydrogens is 324 g/mol. The number of hydrogen-bond donors (Lipinski definition) is 1. The number of oxazole rings is 1. The van der Waals surface area contributed by atoms with Gasteiger partial charge in [0.25, 0.3) is 0 Å². The largest absolute Gasteiger partial charge is 0.506 e. The molecule has 26 heavy (non-hydrogen) atoms. The molecule has 0 spiro atoms. The minimum Gasteiger partial charge on any atom is -0.506 e. The number of hydrogen-bond acceptors (Lipinski definition) is 4. The van der Waals surface area contributed by atoms with E-state index in [4.69, 9.17) is 4.42 Å². The number of phenolic OH excluding ortho intramolecular Hbond substituents is 1. The monoisotopic (exact) mass is 338 g/mol. The van der Waals surface area contributed by atoms with Crippen LogP contribution in [-0.4, -0.2) is 16.3 Å². The van der Waals surface area contributed by atoms with Crippen LogP contribution in [0.3, 0.4) is 0 Å². The Hall–Kier alpha value is -3.66. The molecule has 1 heterocycles. The van der Waals surface area contributed by atoms with Gasteiger partial charge < -0.3 is 9.52 Å². The number of benzene rings is 4. The summed E-state index contributed by atoms with van der Waals surface area (Å²) in [7, 11) is 0. The summed E-state index contributed by atoms with van der Waals surface area (Å²) in [5.41, 5.74) is 2.04. The molecule has 0 saturated carbocycles. The van der Waals surface area contributed by atoms with Crippen LogP contribution < -0.4 is 0 Å². The highest BCUT2D eigenvalue weighted by molar-refractivity contribution is 6.04. The van der Waals surface area contributed by atoms with Gasteiger partial charge in [-0.1, -0.05) is 60.7 Å². The van der Waals surface area contributed by atoms with Crippen LogP contribution in [0.4, 0.5) is 5.69 Å². The Kier molecular flexibility index (Phi) is 3.22. The van der Waals surface area contributed by atoms with Crippen molar-refractivity contribution in [1.82, 2.24) is 4.98 Å². The van der Waals surface area contributed by atoms with Gasteiger partial charge in [-0.3, -0.25) is 0 Å². The molecule has 0 aliphatic carbocycles. The Morgan fingerprint density at radius 2 is 1.50 bits per heavy atom. The SMILES string of the molecule is Oc1ccc2ccccc2c1N=Cc1nc2ccc3ccccc3c2o1. The van der Waals surface area contributed by atoms with Crippen LogP contribution in [0.1, 0.15) is 5.89 Å². The summed E-state index contributed by atoms with van der Waals surface area (Å²) in [5.74, 6) is 0.533. The number of nitrogens with zero attached hydrogens (tertiary/aromatic N) is 2. The highest BCUT2D eigenvalue weighted by atomic mass is 16.3. The van der Waals surface area contributed by atoms with Gasteiger partial charge in [-0.25, -0.2) is 9.98 Å². The number of aromatic nitrogens is 1. The number of phenols is 1. The van der Waals surface area contributed by atoms with E-state index in [2.05, 4.69) is 9.98 Å². The van der Waals surface area contributed by atoms with Crippen molar-refractivity contribution in [1.29, 1.82) is 0 Å². The molecule has 0 aliphatic rings. The Labute approximate surface area is 149 Å². The van der Waals surface area contributed by atoms with Gasteiger partial charge in [0, 0.05) is 10.8 Å². The minimum atomic E-state index is 0.126. The first-order valence-electron chi connectivity index (χ1n) is 8.33. The Balaban J connectivity index is 1.64. The van der Waals surface area contributed by atoms with Crippen LogP contribution in [0.2, 0.25) is 0 Å². The van der Waals surface area contributed by atoms with Gasteiger partial charge in [0.05, 0.1) is 6.21 Å². The molecule has 4 aromatic carbocycles. The van der Waals surface area contributed by atoms with Crippen molar-refractivity contribution in [2.75, 3.05) is 0 Å². The molecule has 4 heteroatoms. The number of aliphatic imine (C=N–C) groups is 1. The lowest BCUT2D eigenvalue weighted by atomic mass is 10.1. The molecular formula is C22H14N2O2. The smallest absolute Gasteiger partial charge is 0.238 e. The van der Waals surface area contributed by atoms with Crippen LogP contribution in [0, 0.1) is 0 Å². The lowest BCUT2D eigenvalue weighted by Gasteiger charge is -2.03. The van der Waals surface area contributed by atoms with Crippen LogP contribution >= 0.6 is 0 Å². The van der Waals surface area contributed by atoms with E-state index in [1.807, 2.05) is 66.7 Å². The maximum Gasteiger partial charge on any atom is 0.238 e. The standard InChI is InChI=1S/C22H14N2O2/c25-19-12-10-14-5-1-3-7-16(14)21(19)23-13-20-24-18-11-9-15-6-2-4-8-17(15)22(18)26-20/h1-13,25H. The minimum absolute atomic E-state index is 0.126. The quantitative estimate of drug-likeness (QED) is 0.427. The lowest BCUT2D eigenvalue weighted by Crippen LogP contribution is -1.80. The molecule has 0 unspecified atom stereocenters. The topological polar surface area (TPSA) is 58.6 Å². The summed E-state index contributed by atoms with van der Waals surface area (Å²) in [6.45, 7) is 0. The zero-order chi connectivity index (χ0) is 17.5. The maximum absolute atomic E-state index is 10.2. The van der Waals surface area contributed by atoms with Crippen LogP contribution in [0.25, 0.3) is 32.6 Å². The van der Waals surface area contributed by atoms with E-state index in [0.717, 1.165) is 32.6 Å². The van der Waals surface area contributed by atoms with Crippen molar-refractivity contribution in [3.63, 3.8) is 0 Å². The second kappa shape index (κ2) is 5.70. The molecule has 0 amide bonds. The number of fused-ring (bicyclic) bond motifs is 4. The van der Waals surface area contributed by atoms with Crippen molar-refractivity contribution < 1.29 is 9.52 Å². The van der Waals surface area contributed by atoms with Gasteiger partial charge in [-0.2, -0.15) is 0 Å². The van der Waals surface area contributed by atoms with E-state index >= 15 is 0 Å². The Morgan fingerprint density at radius 1 is 0.808 bits per heavy atom. The first kappa shape index (κ1) is 14.7. The molecule has 124 valence electrons. The summed E-state index contributed by atoms with van der Waals surface area (Å²) < 4.78 is 5.91. The van der Waals surface area contributed by atoms with Crippen molar-refractivity contribution in [2.24, 2.45) is 4.99 Å². The zero-order valence-corrected chi connectivity index (χ0v) is 13.8. The van der Waals surface area contributed by atoms with E-state index < -0.39 is 0 Å².